The van der Waals surface area contributed by atoms with Gasteiger partial charge in [0.15, 0.2) is 5.78 Å². The van der Waals surface area contributed by atoms with Crippen LogP contribution in [-0.4, -0.2) is 174 Å². The number of amides is 3. The van der Waals surface area contributed by atoms with Gasteiger partial charge in [-0.3, -0.25) is 24.1 Å². The molecule has 7 heterocycles. The van der Waals surface area contributed by atoms with Crippen LogP contribution >= 0.6 is 0 Å². The minimum absolute atomic E-state index is 0.00643. The van der Waals surface area contributed by atoms with Gasteiger partial charge in [0.1, 0.15) is 6.17 Å². The number of carbonyl (C=O) groups is 4. The van der Waals surface area contributed by atoms with Crippen LogP contribution in [0.1, 0.15) is 96.3 Å². The maximum Gasteiger partial charge on any atom is 0.259 e. The SMILES string of the molecule is O=C(CCN1CCCC1)N[C@@H]1CCN(C(=O)C2=CN3C4CC5OC6CCCCC6C5CC4OC4C(N5CC[C@@H](NC(=O)CCN6CCCC6)C5)C(F)CC(C2=O)C43)C1. The smallest absolute Gasteiger partial charge is 0.259 e. The van der Waals surface area contributed by atoms with Crippen LogP contribution in [0.5, 0.6) is 0 Å². The average molecular weight is 808 g/mol. The molecule has 0 aromatic rings. The number of rotatable bonds is 10. The minimum atomic E-state index is -1.31. The van der Waals surface area contributed by atoms with Crippen LogP contribution in [-0.2, 0) is 28.7 Å². The average Bonchev–Trinajstić information content (AvgIpc) is 4.08. The molecule has 0 bridgehead atoms. The Labute approximate surface area is 343 Å². The van der Waals surface area contributed by atoms with E-state index in [9.17, 15) is 19.2 Å². The first-order valence-corrected chi connectivity index (χ1v) is 23.3. The minimum Gasteiger partial charge on any atom is -0.374 e. The Kier molecular flexibility index (Phi) is 11.3. The fourth-order valence-corrected chi connectivity index (χ4v) is 13.3. The van der Waals surface area contributed by atoms with Crippen molar-refractivity contribution in [2.45, 2.75) is 157 Å². The summed E-state index contributed by atoms with van der Waals surface area (Å²) in [5.41, 5.74) is 0.147. The number of nitrogens with one attached hydrogen (secondary N) is 2. The van der Waals surface area contributed by atoms with Crippen LogP contribution in [0.3, 0.4) is 0 Å². The van der Waals surface area contributed by atoms with Crippen LogP contribution in [0.2, 0.25) is 0 Å². The molecule has 14 heteroatoms. The van der Waals surface area contributed by atoms with E-state index in [1.54, 1.807) is 4.90 Å². The molecule has 0 aromatic carbocycles. The molecule has 6 saturated heterocycles. The molecule has 3 aliphatic carbocycles. The third-order valence-electron chi connectivity index (χ3n) is 16.2. The third kappa shape index (κ3) is 7.64. The van der Waals surface area contributed by atoms with Crippen molar-refractivity contribution in [3.8, 4) is 0 Å². The molecule has 3 amide bonds. The van der Waals surface area contributed by atoms with Crippen LogP contribution in [0.4, 0.5) is 4.39 Å². The second kappa shape index (κ2) is 16.7. The number of hydrogen-bond acceptors (Lipinski definition) is 10. The first-order valence-electron chi connectivity index (χ1n) is 23.3. The highest BCUT2D eigenvalue weighted by Crippen LogP contribution is 2.53. The number of likely N-dealkylation sites (tertiary alicyclic amines) is 4. The van der Waals surface area contributed by atoms with Gasteiger partial charge in [-0.1, -0.05) is 12.8 Å². The quantitative estimate of drug-likeness (QED) is 0.318. The van der Waals surface area contributed by atoms with E-state index in [2.05, 4.69) is 30.2 Å². The van der Waals surface area contributed by atoms with E-state index in [1.165, 1.54) is 44.9 Å². The molecule has 58 heavy (non-hydrogen) atoms. The van der Waals surface area contributed by atoms with Crippen molar-refractivity contribution in [1.29, 1.82) is 0 Å². The molecule has 0 radical (unpaired) electrons. The number of alkyl halides is 1. The zero-order valence-corrected chi connectivity index (χ0v) is 34.3. The highest BCUT2D eigenvalue weighted by atomic mass is 19.1. The fourth-order valence-electron chi connectivity index (χ4n) is 13.3. The zero-order chi connectivity index (χ0) is 39.5. The Morgan fingerprint density at radius 1 is 0.690 bits per heavy atom. The number of fused-ring (bicyclic) bond motifs is 5. The first kappa shape index (κ1) is 39.5. The van der Waals surface area contributed by atoms with Crippen molar-refractivity contribution in [3.05, 3.63) is 11.8 Å². The summed E-state index contributed by atoms with van der Waals surface area (Å²) in [6.07, 6.45) is 13.7. The van der Waals surface area contributed by atoms with Gasteiger partial charge >= 0.3 is 0 Å². The van der Waals surface area contributed by atoms with Crippen LogP contribution in [0.15, 0.2) is 11.8 Å². The van der Waals surface area contributed by atoms with E-state index in [1.807, 2.05) is 6.20 Å². The summed E-state index contributed by atoms with van der Waals surface area (Å²) in [4.78, 5) is 65.6. The Bertz CT molecular complexity index is 1600. The second-order valence-corrected chi connectivity index (χ2v) is 19.6. The van der Waals surface area contributed by atoms with E-state index < -0.39 is 24.2 Å². The van der Waals surface area contributed by atoms with Gasteiger partial charge in [-0.05, 0) is 109 Å². The van der Waals surface area contributed by atoms with Gasteiger partial charge in [-0.25, -0.2) is 4.39 Å². The summed E-state index contributed by atoms with van der Waals surface area (Å²) in [5, 5.41) is 6.40. The van der Waals surface area contributed by atoms with E-state index >= 15 is 4.39 Å². The molecule has 9 fully saturated rings. The van der Waals surface area contributed by atoms with Crippen molar-refractivity contribution in [2.24, 2.45) is 17.8 Å². The van der Waals surface area contributed by atoms with Gasteiger partial charge in [-0.15, -0.1) is 0 Å². The number of hydrogen-bond donors (Lipinski definition) is 2. The van der Waals surface area contributed by atoms with E-state index in [-0.39, 0.29) is 78.0 Å². The van der Waals surface area contributed by atoms with Crippen molar-refractivity contribution in [2.75, 3.05) is 65.4 Å². The number of morpholine rings is 1. The summed E-state index contributed by atoms with van der Waals surface area (Å²) >= 11 is 0. The molecule has 0 spiro atoms. The highest BCUT2D eigenvalue weighted by Gasteiger charge is 2.62. The van der Waals surface area contributed by atoms with Gasteiger partial charge in [0.25, 0.3) is 5.91 Å². The summed E-state index contributed by atoms with van der Waals surface area (Å²) in [7, 11) is 0. The number of ketones is 1. The second-order valence-electron chi connectivity index (χ2n) is 19.6. The van der Waals surface area contributed by atoms with Gasteiger partial charge in [-0.2, -0.15) is 0 Å². The number of carbonyl (C=O) groups excluding carboxylic acids is 4. The van der Waals surface area contributed by atoms with Crippen molar-refractivity contribution in [3.63, 3.8) is 0 Å². The predicted molar refractivity (Wildman–Crippen MR) is 213 cm³/mol. The van der Waals surface area contributed by atoms with Gasteiger partial charge < -0.3 is 39.7 Å². The van der Waals surface area contributed by atoms with Crippen molar-refractivity contribution >= 4 is 23.5 Å². The summed E-state index contributed by atoms with van der Waals surface area (Å²) in [6, 6.07) is -1.18. The number of halogens is 1. The van der Waals surface area contributed by atoms with E-state index in [4.69, 9.17) is 9.47 Å². The van der Waals surface area contributed by atoms with E-state index in [0.717, 1.165) is 65.0 Å². The lowest BCUT2D eigenvalue weighted by Crippen LogP contribution is -2.73. The van der Waals surface area contributed by atoms with Crippen molar-refractivity contribution in [1.82, 2.24) is 35.1 Å². The maximum absolute atomic E-state index is 17.0. The lowest BCUT2D eigenvalue weighted by atomic mass is 9.67. The predicted octanol–water partition coefficient (Wildman–Crippen LogP) is 2.23. The topological polar surface area (TPSA) is 127 Å². The Balaban J connectivity index is 0.861. The number of ether oxygens (including phenoxy) is 2. The summed E-state index contributed by atoms with van der Waals surface area (Å²) in [5.74, 6) is -0.295. The third-order valence-corrected chi connectivity index (χ3v) is 16.2. The molecule has 10 rings (SSSR count). The Hall–Kier alpha value is -2.65. The molecular formula is C44H66FN7O6. The zero-order valence-electron chi connectivity index (χ0n) is 34.3. The molecule has 10 aliphatic rings. The van der Waals surface area contributed by atoms with Crippen LogP contribution in [0, 0.1) is 17.8 Å². The van der Waals surface area contributed by atoms with E-state index in [0.29, 0.717) is 57.3 Å². The number of nitrogens with zero attached hydrogens (tertiary/aromatic N) is 5. The number of Topliss-reactive ketones (excluding diaryl/α,β-unsaturated/α-hetero) is 1. The molecule has 11 unspecified atom stereocenters. The summed E-state index contributed by atoms with van der Waals surface area (Å²) in [6.45, 7) is 7.81. The molecule has 7 aliphatic heterocycles. The van der Waals surface area contributed by atoms with Gasteiger partial charge in [0, 0.05) is 76.3 Å². The normalized spacial score (nSPS) is 41.5. The maximum atomic E-state index is 17.0. The standard InChI is InChI=1S/C44H66FN7O6/c45-33-21-31-40-43(41(33)50-19-9-27(24-50)46-38(53)11-17-48-13-3-4-14-48)58-37-22-30-29-7-1-2-8-35(29)57-36(30)23-34(37)52(40)26-32(42(31)55)44(56)51-20-10-28(25-51)47-39(54)12-18-49-15-5-6-16-49/h26-31,33-37,40-41,43H,1-25H2,(H,46,53)(H,47,54)/t27-,28-,29?,30?,31?,33?,34?,35?,36?,37?,40?,41?,43?/m1/s1. The van der Waals surface area contributed by atoms with Gasteiger partial charge in [0.2, 0.25) is 11.8 Å². The molecule has 2 N–H and O–H groups in total. The van der Waals surface area contributed by atoms with Gasteiger partial charge in [0.05, 0.1) is 48.1 Å². The molecule has 0 aromatic heterocycles. The molecule has 13 atom stereocenters. The lowest BCUT2D eigenvalue weighted by Gasteiger charge is -2.61. The molecule has 13 nitrogen and oxygen atoms in total. The van der Waals surface area contributed by atoms with Crippen molar-refractivity contribution < 1.29 is 33.0 Å². The largest absolute Gasteiger partial charge is 0.374 e. The first-order chi connectivity index (χ1) is 28.3. The molecule has 320 valence electrons. The molecule has 3 saturated carbocycles. The summed E-state index contributed by atoms with van der Waals surface area (Å²) < 4.78 is 30.9. The Morgan fingerprint density at radius 3 is 2.09 bits per heavy atom. The van der Waals surface area contributed by atoms with Crippen LogP contribution < -0.4 is 10.6 Å². The lowest BCUT2D eigenvalue weighted by molar-refractivity contribution is -0.220. The fraction of sp³-hybridized carbons (Fsp3) is 0.864. The molecular weight excluding hydrogens is 742 g/mol. The Morgan fingerprint density at radius 2 is 1.36 bits per heavy atom. The monoisotopic (exact) mass is 808 g/mol. The highest BCUT2D eigenvalue weighted by molar-refractivity contribution is 6.20. The van der Waals surface area contributed by atoms with Crippen LogP contribution in [0.25, 0.3) is 0 Å².